The molecular weight excluding hydrogens is 332 g/mol. The van der Waals surface area contributed by atoms with Crippen LogP contribution in [0.15, 0.2) is 24.3 Å². The second kappa shape index (κ2) is 9.14. The van der Waals surface area contributed by atoms with Crippen molar-refractivity contribution in [2.24, 2.45) is 0 Å². The van der Waals surface area contributed by atoms with Crippen molar-refractivity contribution in [1.82, 2.24) is 5.32 Å². The molecule has 1 heterocycles. The summed E-state index contributed by atoms with van der Waals surface area (Å²) in [6.45, 7) is 8.71. The summed E-state index contributed by atoms with van der Waals surface area (Å²) in [7, 11) is 0. The molecule has 26 heavy (non-hydrogen) atoms. The first-order chi connectivity index (χ1) is 12.2. The van der Waals surface area contributed by atoms with Gasteiger partial charge in [0.25, 0.3) is 11.8 Å². The SMILES string of the molecule is CC(OCC1CCCCO1)C(=O)Nc1ccc(C(=O)NC(C)(C)C)cc1. The van der Waals surface area contributed by atoms with Gasteiger partial charge in [0.1, 0.15) is 6.10 Å². The standard InChI is InChI=1S/C20H30N2O4/c1-14(26-13-17-7-5-6-12-25-17)18(23)21-16-10-8-15(9-11-16)19(24)22-20(2,3)4/h8-11,14,17H,5-7,12-13H2,1-4H3,(H,21,23)(H,22,24). The molecule has 1 aliphatic rings. The number of carbonyl (C=O) groups is 2. The quantitative estimate of drug-likeness (QED) is 0.815. The van der Waals surface area contributed by atoms with E-state index >= 15 is 0 Å². The zero-order valence-electron chi connectivity index (χ0n) is 16.1. The highest BCUT2D eigenvalue weighted by Crippen LogP contribution is 2.15. The van der Waals surface area contributed by atoms with E-state index in [4.69, 9.17) is 9.47 Å². The van der Waals surface area contributed by atoms with Gasteiger partial charge in [-0.15, -0.1) is 0 Å². The lowest BCUT2D eigenvalue weighted by Crippen LogP contribution is -2.40. The monoisotopic (exact) mass is 362 g/mol. The molecule has 1 aromatic rings. The van der Waals surface area contributed by atoms with E-state index in [-0.39, 0.29) is 23.5 Å². The van der Waals surface area contributed by atoms with Crippen LogP contribution in [0.4, 0.5) is 5.69 Å². The van der Waals surface area contributed by atoms with E-state index in [1.54, 1.807) is 31.2 Å². The minimum absolute atomic E-state index is 0.0830. The molecule has 2 atom stereocenters. The summed E-state index contributed by atoms with van der Waals surface area (Å²) in [5, 5.41) is 5.71. The van der Waals surface area contributed by atoms with Gasteiger partial charge in [-0.2, -0.15) is 0 Å². The van der Waals surface area contributed by atoms with Gasteiger partial charge in [-0.1, -0.05) is 0 Å². The average molecular weight is 362 g/mol. The molecule has 1 saturated heterocycles. The zero-order chi connectivity index (χ0) is 19.2. The number of rotatable bonds is 6. The third kappa shape index (κ3) is 6.77. The molecule has 0 saturated carbocycles. The van der Waals surface area contributed by atoms with Crippen LogP contribution in [-0.2, 0) is 14.3 Å². The van der Waals surface area contributed by atoms with Gasteiger partial charge in [0, 0.05) is 23.4 Å². The number of ether oxygens (including phenoxy) is 2. The fourth-order valence-corrected chi connectivity index (χ4v) is 2.63. The van der Waals surface area contributed by atoms with Crippen LogP contribution in [0, 0.1) is 0 Å². The molecule has 0 radical (unpaired) electrons. The van der Waals surface area contributed by atoms with E-state index < -0.39 is 6.10 Å². The fourth-order valence-electron chi connectivity index (χ4n) is 2.63. The van der Waals surface area contributed by atoms with Gasteiger partial charge in [0.05, 0.1) is 12.7 Å². The number of anilines is 1. The number of nitrogens with one attached hydrogen (secondary N) is 2. The maximum Gasteiger partial charge on any atom is 0.253 e. The number of amides is 2. The Kier molecular flexibility index (Phi) is 7.17. The third-order valence-corrected chi connectivity index (χ3v) is 4.08. The molecule has 0 aromatic heterocycles. The highest BCUT2D eigenvalue weighted by atomic mass is 16.5. The van der Waals surface area contributed by atoms with Gasteiger partial charge < -0.3 is 20.1 Å². The predicted octanol–water partition coefficient (Wildman–Crippen LogP) is 3.13. The van der Waals surface area contributed by atoms with E-state index in [1.807, 2.05) is 20.8 Å². The molecule has 2 rings (SSSR count). The first-order valence-electron chi connectivity index (χ1n) is 9.21. The summed E-state index contributed by atoms with van der Waals surface area (Å²) in [4.78, 5) is 24.3. The normalized spacial score (nSPS) is 18.8. The zero-order valence-corrected chi connectivity index (χ0v) is 16.1. The second-order valence-electron chi connectivity index (χ2n) is 7.73. The lowest BCUT2D eigenvalue weighted by Gasteiger charge is -2.24. The van der Waals surface area contributed by atoms with Crippen LogP contribution in [0.2, 0.25) is 0 Å². The van der Waals surface area contributed by atoms with Gasteiger partial charge >= 0.3 is 0 Å². The highest BCUT2D eigenvalue weighted by Gasteiger charge is 2.19. The Labute approximate surface area is 155 Å². The lowest BCUT2D eigenvalue weighted by atomic mass is 10.1. The number of hydrogen-bond acceptors (Lipinski definition) is 4. The Morgan fingerprint density at radius 3 is 2.50 bits per heavy atom. The van der Waals surface area contributed by atoms with Gasteiger partial charge in [-0.25, -0.2) is 0 Å². The van der Waals surface area contributed by atoms with Crippen molar-refractivity contribution in [1.29, 1.82) is 0 Å². The summed E-state index contributed by atoms with van der Waals surface area (Å²) in [5.74, 6) is -0.354. The number of benzene rings is 1. The number of carbonyl (C=O) groups excluding carboxylic acids is 2. The molecule has 1 fully saturated rings. The Morgan fingerprint density at radius 2 is 1.92 bits per heavy atom. The largest absolute Gasteiger partial charge is 0.376 e. The minimum atomic E-state index is -0.565. The first-order valence-corrected chi connectivity index (χ1v) is 9.21. The Bertz CT molecular complexity index is 601. The van der Waals surface area contributed by atoms with Crippen molar-refractivity contribution < 1.29 is 19.1 Å². The third-order valence-electron chi connectivity index (χ3n) is 4.08. The molecule has 0 bridgehead atoms. The van der Waals surface area contributed by atoms with Gasteiger partial charge in [0.2, 0.25) is 0 Å². The maximum atomic E-state index is 12.2. The molecule has 1 aliphatic heterocycles. The molecule has 2 amide bonds. The summed E-state index contributed by atoms with van der Waals surface area (Å²) in [5.41, 5.74) is 0.891. The average Bonchev–Trinajstić information content (AvgIpc) is 2.59. The van der Waals surface area contributed by atoms with Crippen LogP contribution in [0.1, 0.15) is 57.3 Å². The van der Waals surface area contributed by atoms with Gasteiger partial charge in [0.15, 0.2) is 0 Å². The molecule has 1 aromatic carbocycles. The Balaban J connectivity index is 1.81. The maximum absolute atomic E-state index is 12.2. The van der Waals surface area contributed by atoms with Crippen molar-refractivity contribution in [3.05, 3.63) is 29.8 Å². The van der Waals surface area contributed by atoms with E-state index in [0.29, 0.717) is 17.9 Å². The summed E-state index contributed by atoms with van der Waals surface area (Å²) in [6, 6.07) is 6.81. The highest BCUT2D eigenvalue weighted by molar-refractivity contribution is 5.97. The summed E-state index contributed by atoms with van der Waals surface area (Å²) < 4.78 is 11.2. The fraction of sp³-hybridized carbons (Fsp3) is 0.600. The number of hydrogen-bond donors (Lipinski definition) is 2. The van der Waals surface area contributed by atoms with E-state index in [1.165, 1.54) is 0 Å². The molecular formula is C20H30N2O4. The van der Waals surface area contributed by atoms with Gasteiger partial charge in [-0.05, 0) is 71.2 Å². The van der Waals surface area contributed by atoms with Crippen LogP contribution in [0.5, 0.6) is 0 Å². The Morgan fingerprint density at radius 1 is 1.23 bits per heavy atom. The van der Waals surface area contributed by atoms with Crippen LogP contribution in [0.3, 0.4) is 0 Å². The van der Waals surface area contributed by atoms with Crippen LogP contribution < -0.4 is 10.6 Å². The van der Waals surface area contributed by atoms with Crippen LogP contribution >= 0.6 is 0 Å². The molecule has 0 aliphatic carbocycles. The first kappa shape index (κ1) is 20.4. The van der Waals surface area contributed by atoms with Crippen molar-refractivity contribution in [2.45, 2.75) is 64.7 Å². The molecule has 6 nitrogen and oxygen atoms in total. The van der Waals surface area contributed by atoms with E-state index in [2.05, 4.69) is 10.6 Å². The van der Waals surface area contributed by atoms with Crippen LogP contribution in [-0.4, -0.2) is 42.8 Å². The van der Waals surface area contributed by atoms with Crippen LogP contribution in [0.25, 0.3) is 0 Å². The molecule has 2 N–H and O–H groups in total. The van der Waals surface area contributed by atoms with E-state index in [9.17, 15) is 9.59 Å². The lowest BCUT2D eigenvalue weighted by molar-refractivity contribution is -0.130. The summed E-state index contributed by atoms with van der Waals surface area (Å²) >= 11 is 0. The molecule has 144 valence electrons. The van der Waals surface area contributed by atoms with Crippen molar-refractivity contribution >= 4 is 17.5 Å². The Hall–Kier alpha value is -1.92. The molecule has 0 spiro atoms. The molecule has 6 heteroatoms. The van der Waals surface area contributed by atoms with E-state index in [0.717, 1.165) is 25.9 Å². The van der Waals surface area contributed by atoms with Crippen molar-refractivity contribution in [3.63, 3.8) is 0 Å². The second-order valence-corrected chi connectivity index (χ2v) is 7.73. The minimum Gasteiger partial charge on any atom is -0.376 e. The predicted molar refractivity (Wildman–Crippen MR) is 101 cm³/mol. The topological polar surface area (TPSA) is 76.7 Å². The van der Waals surface area contributed by atoms with Crippen molar-refractivity contribution in [2.75, 3.05) is 18.5 Å². The van der Waals surface area contributed by atoms with Gasteiger partial charge in [-0.3, -0.25) is 9.59 Å². The summed E-state index contributed by atoms with van der Waals surface area (Å²) in [6.07, 6.45) is 2.73. The molecule has 2 unspecified atom stereocenters. The smallest absolute Gasteiger partial charge is 0.253 e. The van der Waals surface area contributed by atoms with Crippen molar-refractivity contribution in [3.8, 4) is 0 Å².